The summed E-state index contributed by atoms with van der Waals surface area (Å²) in [6, 6.07) is 3.71. The van der Waals surface area contributed by atoms with Crippen LogP contribution in [0.15, 0.2) is 18.3 Å². The summed E-state index contributed by atoms with van der Waals surface area (Å²) in [6.07, 6.45) is 1.63. The fraction of sp³-hybridized carbons (Fsp3) is 0.455. The third-order valence-corrected chi connectivity index (χ3v) is 3.07. The molecular weight excluding hydrogens is 311 g/mol. The zero-order chi connectivity index (χ0) is 12.3. The van der Waals surface area contributed by atoms with Crippen LogP contribution in [0.4, 0.5) is 5.82 Å². The second kappa shape index (κ2) is 8.43. The standard InChI is InChI=1S/C11H15ClN4O.2ClH/c12-9-1-2-10(14-8-9)15-3-5-16(6-4-15)11(17)7-13;;/h1-2,8H,3-7,13H2;2*1H. The van der Waals surface area contributed by atoms with Gasteiger partial charge < -0.3 is 15.5 Å². The van der Waals surface area contributed by atoms with Crippen LogP contribution in [0.2, 0.25) is 5.02 Å². The van der Waals surface area contributed by atoms with Crippen LogP contribution in [0, 0.1) is 0 Å². The maximum atomic E-state index is 11.4. The molecule has 1 aliphatic rings. The number of rotatable bonds is 2. The van der Waals surface area contributed by atoms with Crippen molar-refractivity contribution in [2.75, 3.05) is 37.6 Å². The van der Waals surface area contributed by atoms with E-state index in [4.69, 9.17) is 17.3 Å². The molecule has 8 heteroatoms. The van der Waals surface area contributed by atoms with Crippen molar-refractivity contribution < 1.29 is 4.79 Å². The van der Waals surface area contributed by atoms with Gasteiger partial charge in [-0.3, -0.25) is 4.79 Å². The quantitative estimate of drug-likeness (QED) is 0.886. The number of halogens is 3. The molecule has 2 N–H and O–H groups in total. The van der Waals surface area contributed by atoms with Gasteiger partial charge in [0.1, 0.15) is 5.82 Å². The highest BCUT2D eigenvalue weighted by Gasteiger charge is 2.20. The van der Waals surface area contributed by atoms with Gasteiger partial charge in [0.2, 0.25) is 5.91 Å². The van der Waals surface area contributed by atoms with Gasteiger partial charge in [-0.2, -0.15) is 0 Å². The molecule has 1 aliphatic heterocycles. The molecule has 1 aromatic rings. The minimum Gasteiger partial charge on any atom is -0.353 e. The van der Waals surface area contributed by atoms with Crippen molar-refractivity contribution in [3.05, 3.63) is 23.4 Å². The topological polar surface area (TPSA) is 62.5 Å². The molecule has 19 heavy (non-hydrogen) atoms. The molecule has 1 saturated heterocycles. The zero-order valence-electron chi connectivity index (χ0n) is 10.3. The summed E-state index contributed by atoms with van der Waals surface area (Å²) < 4.78 is 0. The molecule has 2 heterocycles. The van der Waals surface area contributed by atoms with Crippen LogP contribution in [0.3, 0.4) is 0 Å². The molecule has 0 atom stereocenters. The van der Waals surface area contributed by atoms with E-state index in [1.807, 2.05) is 12.1 Å². The van der Waals surface area contributed by atoms with E-state index in [9.17, 15) is 4.79 Å². The molecule has 0 unspecified atom stereocenters. The molecule has 2 rings (SSSR count). The van der Waals surface area contributed by atoms with Gasteiger partial charge in [0, 0.05) is 32.4 Å². The summed E-state index contributed by atoms with van der Waals surface area (Å²) in [4.78, 5) is 19.6. The molecule has 0 saturated carbocycles. The molecule has 1 amide bonds. The summed E-state index contributed by atoms with van der Waals surface area (Å²) in [6.45, 7) is 3.03. The maximum absolute atomic E-state index is 11.4. The van der Waals surface area contributed by atoms with Crippen molar-refractivity contribution in [1.82, 2.24) is 9.88 Å². The normalized spacial score (nSPS) is 14.4. The van der Waals surface area contributed by atoms with Gasteiger partial charge in [-0.15, -0.1) is 24.8 Å². The maximum Gasteiger partial charge on any atom is 0.236 e. The molecule has 0 aliphatic carbocycles. The Hall–Kier alpha value is -0.750. The summed E-state index contributed by atoms with van der Waals surface area (Å²) >= 11 is 5.79. The van der Waals surface area contributed by atoms with Crippen LogP contribution in [0.25, 0.3) is 0 Å². The minimum atomic E-state index is 0. The number of amides is 1. The number of hydrogen-bond donors (Lipinski definition) is 1. The third kappa shape index (κ3) is 4.69. The highest BCUT2D eigenvalue weighted by molar-refractivity contribution is 6.30. The number of hydrogen-bond acceptors (Lipinski definition) is 4. The lowest BCUT2D eigenvalue weighted by Crippen LogP contribution is -2.50. The van der Waals surface area contributed by atoms with Gasteiger partial charge in [-0.05, 0) is 12.1 Å². The highest BCUT2D eigenvalue weighted by Crippen LogP contribution is 2.15. The summed E-state index contributed by atoms with van der Waals surface area (Å²) in [5.74, 6) is 0.906. The Bertz CT molecular complexity index is 393. The van der Waals surface area contributed by atoms with Crippen molar-refractivity contribution in [1.29, 1.82) is 0 Å². The van der Waals surface area contributed by atoms with Crippen molar-refractivity contribution in [2.45, 2.75) is 0 Å². The number of nitrogens with two attached hydrogens (primary N) is 1. The predicted molar refractivity (Wildman–Crippen MR) is 81.6 cm³/mol. The number of carbonyl (C=O) groups excluding carboxylic acids is 1. The van der Waals surface area contributed by atoms with Crippen molar-refractivity contribution in [3.63, 3.8) is 0 Å². The van der Waals surface area contributed by atoms with E-state index in [1.165, 1.54) is 0 Å². The largest absolute Gasteiger partial charge is 0.353 e. The van der Waals surface area contributed by atoms with Crippen molar-refractivity contribution in [3.8, 4) is 0 Å². The Kier molecular flexibility index (Phi) is 8.09. The van der Waals surface area contributed by atoms with Crippen LogP contribution in [-0.2, 0) is 4.79 Å². The van der Waals surface area contributed by atoms with Crippen molar-refractivity contribution in [2.24, 2.45) is 5.73 Å². The Morgan fingerprint density at radius 3 is 2.37 bits per heavy atom. The van der Waals surface area contributed by atoms with Gasteiger partial charge in [0.05, 0.1) is 11.6 Å². The number of anilines is 1. The second-order valence-electron chi connectivity index (χ2n) is 3.91. The first-order chi connectivity index (χ1) is 8.20. The van der Waals surface area contributed by atoms with Gasteiger partial charge in [0.15, 0.2) is 0 Å². The fourth-order valence-corrected chi connectivity index (χ4v) is 1.98. The van der Waals surface area contributed by atoms with Gasteiger partial charge in [-0.25, -0.2) is 4.98 Å². The molecule has 1 fully saturated rings. The SMILES string of the molecule is Cl.Cl.NCC(=O)N1CCN(c2ccc(Cl)cn2)CC1. The number of carbonyl (C=O) groups is 1. The monoisotopic (exact) mass is 326 g/mol. The summed E-state index contributed by atoms with van der Waals surface area (Å²) in [5.41, 5.74) is 5.33. The molecule has 0 bridgehead atoms. The fourth-order valence-electron chi connectivity index (χ4n) is 1.87. The van der Waals surface area contributed by atoms with E-state index in [2.05, 4.69) is 9.88 Å². The Morgan fingerprint density at radius 1 is 1.26 bits per heavy atom. The van der Waals surface area contributed by atoms with Gasteiger partial charge in [-0.1, -0.05) is 11.6 Å². The first-order valence-corrected chi connectivity index (χ1v) is 5.93. The molecule has 0 spiro atoms. The van der Waals surface area contributed by atoms with E-state index >= 15 is 0 Å². The number of nitrogens with zero attached hydrogens (tertiary/aromatic N) is 3. The first-order valence-electron chi connectivity index (χ1n) is 5.55. The number of pyridine rings is 1. The Morgan fingerprint density at radius 2 is 1.89 bits per heavy atom. The number of aromatic nitrogens is 1. The van der Waals surface area contributed by atoms with Crippen LogP contribution in [-0.4, -0.2) is 48.5 Å². The molecule has 1 aromatic heterocycles. The third-order valence-electron chi connectivity index (χ3n) is 2.84. The van der Waals surface area contributed by atoms with E-state index < -0.39 is 0 Å². The second-order valence-corrected chi connectivity index (χ2v) is 4.34. The molecule has 108 valence electrons. The van der Waals surface area contributed by atoms with E-state index in [-0.39, 0.29) is 37.3 Å². The Balaban J connectivity index is 0.00000162. The lowest BCUT2D eigenvalue weighted by Gasteiger charge is -2.35. The lowest BCUT2D eigenvalue weighted by molar-refractivity contribution is -0.129. The lowest BCUT2D eigenvalue weighted by atomic mass is 10.3. The molecule has 0 aromatic carbocycles. The van der Waals surface area contributed by atoms with Crippen LogP contribution >= 0.6 is 36.4 Å². The van der Waals surface area contributed by atoms with Gasteiger partial charge >= 0.3 is 0 Å². The van der Waals surface area contributed by atoms with Gasteiger partial charge in [0.25, 0.3) is 0 Å². The van der Waals surface area contributed by atoms with Crippen molar-refractivity contribution >= 4 is 48.1 Å². The number of piperazine rings is 1. The van der Waals surface area contributed by atoms with Crippen LogP contribution < -0.4 is 10.6 Å². The van der Waals surface area contributed by atoms with E-state index in [1.54, 1.807) is 11.1 Å². The first kappa shape index (κ1) is 18.2. The molecule has 0 radical (unpaired) electrons. The smallest absolute Gasteiger partial charge is 0.236 e. The zero-order valence-corrected chi connectivity index (χ0v) is 12.7. The van der Waals surface area contributed by atoms with Crippen LogP contribution in [0.5, 0.6) is 0 Å². The summed E-state index contributed by atoms with van der Waals surface area (Å²) in [5, 5.41) is 0.630. The average Bonchev–Trinajstić information content (AvgIpc) is 2.39. The predicted octanol–water partition coefficient (Wildman–Crippen LogP) is 1.19. The molecule has 5 nitrogen and oxygen atoms in total. The van der Waals surface area contributed by atoms with Crippen LogP contribution in [0.1, 0.15) is 0 Å². The highest BCUT2D eigenvalue weighted by atomic mass is 35.5. The minimum absolute atomic E-state index is 0. The van der Waals surface area contributed by atoms with E-state index in [0.717, 1.165) is 18.9 Å². The van der Waals surface area contributed by atoms with E-state index in [0.29, 0.717) is 18.1 Å². The Labute approximate surface area is 129 Å². The molecular formula is C11H17Cl3N4O. The summed E-state index contributed by atoms with van der Waals surface area (Å²) in [7, 11) is 0. The average molecular weight is 328 g/mol.